The highest BCUT2D eigenvalue weighted by Gasteiger charge is 2.51. The molecular weight excluding hydrogens is 427 g/mol. The second-order valence-corrected chi connectivity index (χ2v) is 10.4. The third-order valence-electron chi connectivity index (χ3n) is 6.40. The van der Waals surface area contributed by atoms with Crippen LogP contribution in [0.25, 0.3) is 0 Å². The number of hydrogen-bond donors (Lipinski definition) is 1. The van der Waals surface area contributed by atoms with Crippen molar-refractivity contribution in [1.29, 1.82) is 0 Å². The summed E-state index contributed by atoms with van der Waals surface area (Å²) < 4.78 is 40.8. The smallest absolute Gasteiger partial charge is 0.243 e. The van der Waals surface area contributed by atoms with Crippen LogP contribution in [0.5, 0.6) is 0 Å². The molecule has 1 amide bonds. The Hall–Kier alpha value is -3.03. The van der Waals surface area contributed by atoms with Gasteiger partial charge in [-0.25, -0.2) is 12.8 Å². The van der Waals surface area contributed by atoms with E-state index in [4.69, 9.17) is 0 Å². The molecule has 0 radical (unpaired) electrons. The zero-order chi connectivity index (χ0) is 22.3. The number of hydrogen-bond acceptors (Lipinski definition) is 3. The van der Waals surface area contributed by atoms with Crippen molar-refractivity contribution in [3.05, 3.63) is 95.3 Å². The summed E-state index contributed by atoms with van der Waals surface area (Å²) >= 11 is 0. The lowest BCUT2D eigenvalue weighted by molar-refractivity contribution is -0.118. The van der Waals surface area contributed by atoms with Gasteiger partial charge in [-0.2, -0.15) is 4.31 Å². The SMILES string of the molecule is O=C(Nc1ccc2c(c1)CN(S(=O)(=O)c1ccccc1)CC2)C1(c2ccc(F)cc2)CC1. The maximum absolute atomic E-state index is 13.3. The molecule has 1 saturated carbocycles. The number of anilines is 1. The summed E-state index contributed by atoms with van der Waals surface area (Å²) in [4.78, 5) is 13.3. The van der Waals surface area contributed by atoms with Gasteiger partial charge in [0.2, 0.25) is 15.9 Å². The van der Waals surface area contributed by atoms with Crippen molar-refractivity contribution < 1.29 is 17.6 Å². The van der Waals surface area contributed by atoms with E-state index in [1.165, 1.54) is 16.4 Å². The molecular formula is C25H23FN2O3S. The molecule has 5 nitrogen and oxygen atoms in total. The van der Waals surface area contributed by atoms with Gasteiger partial charge in [0.05, 0.1) is 10.3 Å². The molecule has 0 aromatic heterocycles. The van der Waals surface area contributed by atoms with Crippen molar-refractivity contribution in [1.82, 2.24) is 4.31 Å². The molecule has 1 aliphatic carbocycles. The van der Waals surface area contributed by atoms with E-state index in [0.29, 0.717) is 18.7 Å². The minimum atomic E-state index is -3.58. The normalized spacial score (nSPS) is 17.4. The largest absolute Gasteiger partial charge is 0.325 e. The summed E-state index contributed by atoms with van der Waals surface area (Å²) in [7, 11) is -3.58. The van der Waals surface area contributed by atoms with Crippen molar-refractivity contribution in [3.63, 3.8) is 0 Å². The van der Waals surface area contributed by atoms with E-state index in [1.807, 2.05) is 18.2 Å². The fourth-order valence-corrected chi connectivity index (χ4v) is 5.79. The number of amides is 1. The van der Waals surface area contributed by atoms with Gasteiger partial charge < -0.3 is 5.32 Å². The lowest BCUT2D eigenvalue weighted by atomic mass is 9.94. The average molecular weight is 451 g/mol. The fourth-order valence-electron chi connectivity index (χ4n) is 4.35. The van der Waals surface area contributed by atoms with Gasteiger partial charge in [-0.15, -0.1) is 0 Å². The number of sulfonamides is 1. The highest BCUT2D eigenvalue weighted by molar-refractivity contribution is 7.89. The van der Waals surface area contributed by atoms with E-state index >= 15 is 0 Å². The van der Waals surface area contributed by atoms with Crippen molar-refractivity contribution in [2.45, 2.75) is 36.1 Å². The van der Waals surface area contributed by atoms with E-state index in [9.17, 15) is 17.6 Å². The number of carbonyl (C=O) groups excluding carboxylic acids is 1. The van der Waals surface area contributed by atoms with Crippen LogP contribution in [0, 0.1) is 5.82 Å². The van der Waals surface area contributed by atoms with Gasteiger partial charge in [-0.05, 0) is 72.4 Å². The summed E-state index contributed by atoms with van der Waals surface area (Å²) in [6, 6.07) is 20.2. The molecule has 1 aliphatic heterocycles. The summed E-state index contributed by atoms with van der Waals surface area (Å²) in [6.07, 6.45) is 2.06. The van der Waals surface area contributed by atoms with Gasteiger partial charge in [-0.3, -0.25) is 4.79 Å². The topological polar surface area (TPSA) is 66.5 Å². The summed E-state index contributed by atoms with van der Waals surface area (Å²) in [5.41, 5.74) is 2.81. The second kappa shape index (κ2) is 7.83. The molecule has 0 unspecified atom stereocenters. The zero-order valence-electron chi connectivity index (χ0n) is 17.4. The Kier molecular flexibility index (Phi) is 5.10. The molecule has 0 spiro atoms. The number of rotatable bonds is 5. The third-order valence-corrected chi connectivity index (χ3v) is 8.26. The number of nitrogens with one attached hydrogen (secondary N) is 1. The molecule has 3 aromatic rings. The lowest BCUT2D eigenvalue weighted by Gasteiger charge is -2.28. The molecule has 0 bridgehead atoms. The Labute approximate surface area is 186 Å². The van der Waals surface area contributed by atoms with Gasteiger partial charge in [0.25, 0.3) is 0 Å². The number of carbonyl (C=O) groups is 1. The second-order valence-electron chi connectivity index (χ2n) is 8.43. The monoisotopic (exact) mass is 450 g/mol. The maximum Gasteiger partial charge on any atom is 0.243 e. The van der Waals surface area contributed by atoms with Crippen LogP contribution in [0.15, 0.2) is 77.7 Å². The zero-order valence-corrected chi connectivity index (χ0v) is 18.2. The first-order chi connectivity index (χ1) is 15.4. The van der Waals surface area contributed by atoms with Crippen LogP contribution < -0.4 is 5.32 Å². The first-order valence-corrected chi connectivity index (χ1v) is 12.1. The summed E-state index contributed by atoms with van der Waals surface area (Å²) in [6.45, 7) is 0.684. The molecule has 1 N–H and O–H groups in total. The van der Waals surface area contributed by atoms with Gasteiger partial charge >= 0.3 is 0 Å². The molecule has 5 rings (SSSR count). The number of halogens is 1. The van der Waals surface area contributed by atoms with Gasteiger partial charge in [0, 0.05) is 18.8 Å². The third kappa shape index (κ3) is 3.72. The molecule has 1 heterocycles. The molecule has 0 saturated heterocycles. The Balaban J connectivity index is 1.35. The Morgan fingerprint density at radius 1 is 0.938 bits per heavy atom. The van der Waals surface area contributed by atoms with E-state index in [-0.39, 0.29) is 23.2 Å². The standard InChI is InChI=1S/C25H23FN2O3S/c26-21-9-7-20(8-10-21)25(13-14-25)24(29)27-22-11-6-18-12-15-28(17-19(18)16-22)32(30,31)23-4-2-1-3-5-23/h1-11,16H,12-15,17H2,(H,27,29). The van der Waals surface area contributed by atoms with Crippen LogP contribution in [-0.4, -0.2) is 25.2 Å². The quantitative estimate of drug-likeness (QED) is 0.632. The molecule has 0 atom stereocenters. The minimum absolute atomic E-state index is 0.117. The van der Waals surface area contributed by atoms with Crippen LogP contribution in [0.3, 0.4) is 0 Å². The highest BCUT2D eigenvalue weighted by Crippen LogP contribution is 2.49. The van der Waals surface area contributed by atoms with E-state index in [1.54, 1.807) is 42.5 Å². The van der Waals surface area contributed by atoms with Crippen LogP contribution in [0.2, 0.25) is 0 Å². The van der Waals surface area contributed by atoms with E-state index < -0.39 is 15.4 Å². The van der Waals surface area contributed by atoms with E-state index in [0.717, 1.165) is 29.5 Å². The van der Waals surface area contributed by atoms with Crippen LogP contribution in [-0.2, 0) is 33.2 Å². The van der Waals surface area contributed by atoms with Gasteiger partial charge in [0.15, 0.2) is 0 Å². The first kappa shape index (κ1) is 20.8. The molecule has 3 aromatic carbocycles. The van der Waals surface area contributed by atoms with Crippen LogP contribution >= 0.6 is 0 Å². The van der Waals surface area contributed by atoms with Gasteiger partial charge in [0.1, 0.15) is 5.82 Å². The van der Waals surface area contributed by atoms with Gasteiger partial charge in [-0.1, -0.05) is 36.4 Å². The fraction of sp³-hybridized carbons (Fsp3) is 0.240. The van der Waals surface area contributed by atoms with Crippen LogP contribution in [0.1, 0.15) is 29.5 Å². The van der Waals surface area contributed by atoms with Crippen molar-refractivity contribution in [2.24, 2.45) is 0 Å². The summed E-state index contributed by atoms with van der Waals surface area (Å²) in [5.74, 6) is -0.441. The number of benzene rings is 3. The molecule has 7 heteroatoms. The molecule has 164 valence electrons. The number of fused-ring (bicyclic) bond motifs is 1. The lowest BCUT2D eigenvalue weighted by Crippen LogP contribution is -2.36. The van der Waals surface area contributed by atoms with E-state index in [2.05, 4.69) is 5.32 Å². The molecule has 1 fully saturated rings. The van der Waals surface area contributed by atoms with Crippen LogP contribution in [0.4, 0.5) is 10.1 Å². The Bertz CT molecular complexity index is 1270. The Morgan fingerprint density at radius 3 is 2.34 bits per heavy atom. The predicted octanol–water partition coefficient (Wildman–Crippen LogP) is 4.24. The van der Waals surface area contributed by atoms with Crippen molar-refractivity contribution in [2.75, 3.05) is 11.9 Å². The first-order valence-electron chi connectivity index (χ1n) is 10.6. The predicted molar refractivity (Wildman–Crippen MR) is 120 cm³/mol. The molecule has 2 aliphatic rings. The average Bonchev–Trinajstić information content (AvgIpc) is 3.62. The number of nitrogens with zero attached hydrogens (tertiary/aromatic N) is 1. The maximum atomic E-state index is 13.3. The van der Waals surface area contributed by atoms with Crippen molar-refractivity contribution in [3.8, 4) is 0 Å². The minimum Gasteiger partial charge on any atom is -0.325 e. The highest BCUT2D eigenvalue weighted by atomic mass is 32.2. The summed E-state index contributed by atoms with van der Waals surface area (Å²) in [5, 5.41) is 2.99. The Morgan fingerprint density at radius 2 is 1.66 bits per heavy atom. The van der Waals surface area contributed by atoms with Crippen molar-refractivity contribution >= 4 is 21.6 Å². The molecule has 32 heavy (non-hydrogen) atoms.